The molecule has 1 aliphatic rings. The van der Waals surface area contributed by atoms with Crippen LogP contribution in [0, 0.1) is 5.41 Å². The van der Waals surface area contributed by atoms with Gasteiger partial charge in [0.2, 0.25) is 0 Å². The van der Waals surface area contributed by atoms with E-state index in [0.717, 1.165) is 19.6 Å². The molecule has 0 aromatic heterocycles. The Morgan fingerprint density at radius 3 is 2.85 bits per heavy atom. The first kappa shape index (κ1) is 11.0. The van der Waals surface area contributed by atoms with E-state index in [1.165, 1.54) is 25.7 Å². The van der Waals surface area contributed by atoms with Crippen LogP contribution in [-0.2, 0) is 4.74 Å². The van der Waals surface area contributed by atoms with Crippen LogP contribution in [0.5, 0.6) is 0 Å². The van der Waals surface area contributed by atoms with Crippen molar-refractivity contribution < 1.29 is 4.74 Å². The molecule has 0 radical (unpaired) electrons. The van der Waals surface area contributed by atoms with Crippen LogP contribution in [0.25, 0.3) is 0 Å². The predicted octanol–water partition coefficient (Wildman–Crippen LogP) is 2.32. The second-order valence-electron chi connectivity index (χ2n) is 4.90. The molecular formula is C11H23NO. The van der Waals surface area contributed by atoms with Gasteiger partial charge in [0.1, 0.15) is 0 Å². The Hall–Kier alpha value is -0.0800. The third kappa shape index (κ3) is 4.10. The first-order valence-corrected chi connectivity index (χ1v) is 5.46. The van der Waals surface area contributed by atoms with Crippen LogP contribution in [0.1, 0.15) is 46.0 Å². The molecular weight excluding hydrogens is 162 g/mol. The van der Waals surface area contributed by atoms with Crippen molar-refractivity contribution in [1.29, 1.82) is 0 Å². The first-order valence-electron chi connectivity index (χ1n) is 5.46. The molecule has 0 saturated heterocycles. The Bertz CT molecular complexity index is 145. The summed E-state index contributed by atoms with van der Waals surface area (Å²) in [6.45, 7) is 6.27. The second kappa shape index (κ2) is 4.97. The molecule has 1 saturated carbocycles. The van der Waals surface area contributed by atoms with E-state index in [0.29, 0.717) is 11.5 Å². The van der Waals surface area contributed by atoms with Gasteiger partial charge in [0.15, 0.2) is 0 Å². The van der Waals surface area contributed by atoms with Gasteiger partial charge in [0, 0.05) is 6.61 Å². The molecule has 0 amide bonds. The number of ether oxygens (including phenoxy) is 1. The van der Waals surface area contributed by atoms with Gasteiger partial charge in [-0.3, -0.25) is 0 Å². The summed E-state index contributed by atoms with van der Waals surface area (Å²) in [4.78, 5) is 0. The highest BCUT2D eigenvalue weighted by Crippen LogP contribution is 2.36. The largest absolute Gasteiger partial charge is 0.378 e. The van der Waals surface area contributed by atoms with Gasteiger partial charge in [0.05, 0.1) is 6.10 Å². The molecule has 1 atom stereocenters. The van der Waals surface area contributed by atoms with E-state index in [-0.39, 0.29) is 0 Å². The van der Waals surface area contributed by atoms with Gasteiger partial charge in [-0.15, -0.1) is 0 Å². The molecule has 1 aliphatic carbocycles. The normalized spacial score (nSPS) is 27.5. The average Bonchev–Trinajstić information content (AvgIpc) is 2.03. The van der Waals surface area contributed by atoms with Crippen molar-refractivity contribution >= 4 is 0 Å². The van der Waals surface area contributed by atoms with Crippen LogP contribution in [0.4, 0.5) is 0 Å². The van der Waals surface area contributed by atoms with Crippen molar-refractivity contribution in [3.05, 3.63) is 0 Å². The summed E-state index contributed by atoms with van der Waals surface area (Å²) in [6, 6.07) is 0. The molecule has 0 bridgehead atoms. The molecule has 2 N–H and O–H groups in total. The summed E-state index contributed by atoms with van der Waals surface area (Å²) in [5, 5.41) is 0. The zero-order valence-electron chi connectivity index (χ0n) is 9.01. The molecule has 1 fully saturated rings. The van der Waals surface area contributed by atoms with Crippen LogP contribution < -0.4 is 5.73 Å². The molecule has 2 nitrogen and oxygen atoms in total. The summed E-state index contributed by atoms with van der Waals surface area (Å²) in [6.07, 6.45) is 6.63. The van der Waals surface area contributed by atoms with E-state index in [9.17, 15) is 0 Å². The zero-order chi connectivity index (χ0) is 9.73. The summed E-state index contributed by atoms with van der Waals surface area (Å²) in [7, 11) is 0. The number of rotatable bonds is 4. The summed E-state index contributed by atoms with van der Waals surface area (Å²) < 4.78 is 5.78. The highest BCUT2D eigenvalue weighted by Gasteiger charge is 2.27. The lowest BCUT2D eigenvalue weighted by Crippen LogP contribution is -2.28. The molecule has 2 heteroatoms. The van der Waals surface area contributed by atoms with Crippen LogP contribution in [0.3, 0.4) is 0 Å². The molecule has 0 heterocycles. The molecule has 1 rings (SSSR count). The Morgan fingerprint density at radius 2 is 2.23 bits per heavy atom. The highest BCUT2D eigenvalue weighted by atomic mass is 16.5. The fraction of sp³-hybridized carbons (Fsp3) is 1.00. The number of hydrogen-bond acceptors (Lipinski definition) is 2. The Morgan fingerprint density at radius 1 is 1.46 bits per heavy atom. The first-order chi connectivity index (χ1) is 6.14. The van der Waals surface area contributed by atoms with Crippen molar-refractivity contribution in [2.75, 3.05) is 13.2 Å². The molecule has 1 unspecified atom stereocenters. The predicted molar refractivity (Wildman–Crippen MR) is 55.7 cm³/mol. The highest BCUT2D eigenvalue weighted by molar-refractivity contribution is 4.79. The van der Waals surface area contributed by atoms with Crippen LogP contribution in [-0.4, -0.2) is 19.3 Å². The maximum Gasteiger partial charge on any atom is 0.0580 e. The van der Waals surface area contributed by atoms with E-state index in [1.807, 2.05) is 0 Å². The zero-order valence-corrected chi connectivity index (χ0v) is 9.01. The molecule has 0 aromatic rings. The third-order valence-electron chi connectivity index (χ3n) is 2.86. The summed E-state index contributed by atoms with van der Waals surface area (Å²) >= 11 is 0. The fourth-order valence-electron chi connectivity index (χ4n) is 2.10. The van der Waals surface area contributed by atoms with Crippen LogP contribution in [0.15, 0.2) is 0 Å². The standard InChI is InChI=1S/C11H23NO/c1-11(2)6-3-5-10(9-11)13-8-4-7-12/h10H,3-9,12H2,1-2H3. The fourth-order valence-corrected chi connectivity index (χ4v) is 2.10. The Kier molecular flexibility index (Phi) is 4.20. The van der Waals surface area contributed by atoms with Gasteiger partial charge in [-0.05, 0) is 37.6 Å². The maximum atomic E-state index is 5.78. The van der Waals surface area contributed by atoms with Crippen molar-refractivity contribution in [3.8, 4) is 0 Å². The topological polar surface area (TPSA) is 35.2 Å². The van der Waals surface area contributed by atoms with E-state index < -0.39 is 0 Å². The van der Waals surface area contributed by atoms with Crippen molar-refractivity contribution in [2.45, 2.75) is 52.1 Å². The third-order valence-corrected chi connectivity index (χ3v) is 2.86. The number of hydrogen-bond donors (Lipinski definition) is 1. The average molecular weight is 185 g/mol. The smallest absolute Gasteiger partial charge is 0.0580 e. The number of nitrogens with two attached hydrogens (primary N) is 1. The second-order valence-corrected chi connectivity index (χ2v) is 4.90. The van der Waals surface area contributed by atoms with Crippen molar-refractivity contribution in [1.82, 2.24) is 0 Å². The SMILES string of the molecule is CC1(C)CCCC(OCCCN)C1. The van der Waals surface area contributed by atoms with Crippen molar-refractivity contribution in [3.63, 3.8) is 0 Å². The van der Waals surface area contributed by atoms with Crippen LogP contribution in [0.2, 0.25) is 0 Å². The molecule has 0 aliphatic heterocycles. The van der Waals surface area contributed by atoms with Gasteiger partial charge >= 0.3 is 0 Å². The van der Waals surface area contributed by atoms with Gasteiger partial charge in [0.25, 0.3) is 0 Å². The minimum atomic E-state index is 0.492. The quantitative estimate of drug-likeness (QED) is 0.682. The molecule has 0 spiro atoms. The lowest BCUT2D eigenvalue weighted by molar-refractivity contribution is -0.00619. The lowest BCUT2D eigenvalue weighted by atomic mass is 9.76. The maximum absolute atomic E-state index is 5.78. The molecule has 13 heavy (non-hydrogen) atoms. The molecule has 0 aromatic carbocycles. The lowest BCUT2D eigenvalue weighted by Gasteiger charge is -2.35. The molecule has 78 valence electrons. The van der Waals surface area contributed by atoms with Gasteiger partial charge in [-0.2, -0.15) is 0 Å². The Labute approximate surface area is 81.8 Å². The van der Waals surface area contributed by atoms with Gasteiger partial charge < -0.3 is 10.5 Å². The van der Waals surface area contributed by atoms with E-state index in [2.05, 4.69) is 13.8 Å². The van der Waals surface area contributed by atoms with E-state index in [1.54, 1.807) is 0 Å². The summed E-state index contributed by atoms with van der Waals surface area (Å²) in [5.41, 5.74) is 5.91. The van der Waals surface area contributed by atoms with Crippen molar-refractivity contribution in [2.24, 2.45) is 11.1 Å². The monoisotopic (exact) mass is 185 g/mol. The minimum Gasteiger partial charge on any atom is -0.378 e. The van der Waals surface area contributed by atoms with E-state index >= 15 is 0 Å². The van der Waals surface area contributed by atoms with Gasteiger partial charge in [-0.1, -0.05) is 20.3 Å². The van der Waals surface area contributed by atoms with Gasteiger partial charge in [-0.25, -0.2) is 0 Å². The Balaban J connectivity index is 2.19. The van der Waals surface area contributed by atoms with Crippen LogP contribution >= 0.6 is 0 Å². The minimum absolute atomic E-state index is 0.492. The van der Waals surface area contributed by atoms with E-state index in [4.69, 9.17) is 10.5 Å². The summed E-state index contributed by atoms with van der Waals surface area (Å²) in [5.74, 6) is 0.